The number of benzene rings is 3. The number of thioether (sulfide) groups is 1. The summed E-state index contributed by atoms with van der Waals surface area (Å²) < 4.78 is 9.17. The largest absolute Gasteiger partial charge is 0.468 e. The van der Waals surface area contributed by atoms with Crippen LogP contribution in [0.1, 0.15) is 12.8 Å². The van der Waals surface area contributed by atoms with Crippen LogP contribution < -0.4 is 32.3 Å². The van der Waals surface area contributed by atoms with Gasteiger partial charge in [-0.1, -0.05) is 66.4 Å². The number of esters is 2. The van der Waals surface area contributed by atoms with E-state index in [-0.39, 0.29) is 29.9 Å². The van der Waals surface area contributed by atoms with E-state index in [4.69, 9.17) is 5.73 Å². The molecule has 3 aromatic rings. The summed E-state index contributed by atoms with van der Waals surface area (Å²) in [6.07, 6.45) is 0.0216. The van der Waals surface area contributed by atoms with Crippen LogP contribution in [0.15, 0.2) is 91.0 Å². The number of hydrogen-bond acceptors (Lipinski definition) is 9. The maximum absolute atomic E-state index is 13.8. The number of nitrogens with two attached hydrogens (primary N) is 1. The van der Waals surface area contributed by atoms with Crippen molar-refractivity contribution in [3.05, 3.63) is 91.0 Å². The zero-order chi connectivity index (χ0) is 32.0. The summed E-state index contributed by atoms with van der Waals surface area (Å²) in [5.74, 6) is -2.61. The molecule has 0 aliphatic rings. The van der Waals surface area contributed by atoms with Gasteiger partial charge < -0.3 is 25.8 Å². The van der Waals surface area contributed by atoms with E-state index < -0.39 is 49.6 Å². The van der Waals surface area contributed by atoms with E-state index in [0.29, 0.717) is 0 Å². The van der Waals surface area contributed by atoms with Crippen molar-refractivity contribution in [1.29, 1.82) is 0 Å². The molecule has 2 atom stereocenters. The molecule has 10 nitrogen and oxygen atoms in total. The van der Waals surface area contributed by atoms with Crippen LogP contribution in [0.3, 0.4) is 0 Å². The molecule has 0 spiro atoms. The van der Waals surface area contributed by atoms with Crippen LogP contribution >= 0.6 is 19.0 Å². The van der Waals surface area contributed by atoms with Gasteiger partial charge in [-0.15, -0.1) is 0 Å². The van der Waals surface area contributed by atoms with E-state index in [2.05, 4.69) is 20.1 Å². The van der Waals surface area contributed by atoms with Gasteiger partial charge in [0.25, 0.3) is 0 Å². The van der Waals surface area contributed by atoms with Gasteiger partial charge >= 0.3 is 11.9 Å². The molecule has 0 saturated carbocycles. The van der Waals surface area contributed by atoms with Crippen LogP contribution in [0.25, 0.3) is 0 Å². The molecule has 3 rings (SSSR count). The van der Waals surface area contributed by atoms with Gasteiger partial charge in [-0.3, -0.25) is 24.0 Å². The van der Waals surface area contributed by atoms with Crippen LogP contribution in [-0.4, -0.2) is 73.6 Å². The number of nitrogens with one attached hydrogen (secondary N) is 2. The summed E-state index contributed by atoms with van der Waals surface area (Å²) in [6, 6.07) is 27.6. The van der Waals surface area contributed by atoms with E-state index in [9.17, 15) is 24.0 Å². The first kappa shape index (κ1) is 34.4. The van der Waals surface area contributed by atoms with Crippen LogP contribution in [0.5, 0.6) is 0 Å². The van der Waals surface area contributed by atoms with Crippen LogP contribution in [0, 0.1) is 0 Å². The van der Waals surface area contributed by atoms with Gasteiger partial charge in [0.05, 0.1) is 14.2 Å². The number of carbonyl (C=O) groups excluding carboxylic acids is 5. The minimum absolute atomic E-state index is 0.000688. The lowest BCUT2D eigenvalue weighted by molar-refractivity contribution is -0.142. The van der Waals surface area contributed by atoms with E-state index >= 15 is 0 Å². The Morgan fingerprint density at radius 3 is 1.75 bits per heavy atom. The van der Waals surface area contributed by atoms with Crippen LogP contribution in [-0.2, 0) is 33.4 Å². The molecule has 0 radical (unpaired) electrons. The topological polar surface area (TPSA) is 154 Å². The maximum Gasteiger partial charge on any atom is 0.325 e. The molecule has 0 bridgehead atoms. The predicted octanol–water partition coefficient (Wildman–Crippen LogP) is 1.29. The average molecular weight is 639 g/mol. The van der Waals surface area contributed by atoms with Gasteiger partial charge in [0, 0.05) is 12.2 Å². The standard InChI is InChI=1S/C32H36N3O7PS/c1-41-29(37)20-34-31(39)27(35-28(36)19-18-26(33)32(40)42-2)22-44-30(38)21-43(23-12-6-3-7-13-23,24-14-8-4-9-15-24)25-16-10-5-11-17-25/h3-17,26-27H,18-22,33H2,1-2H3,(H-,34,35,36,39)/p+1. The molecule has 3 aromatic carbocycles. The van der Waals surface area contributed by atoms with Gasteiger partial charge in [-0.05, 0) is 42.8 Å². The lowest BCUT2D eigenvalue weighted by Gasteiger charge is -2.27. The van der Waals surface area contributed by atoms with Gasteiger partial charge in [0.2, 0.25) is 16.9 Å². The summed E-state index contributed by atoms with van der Waals surface area (Å²) in [5.41, 5.74) is 5.73. The smallest absolute Gasteiger partial charge is 0.325 e. The van der Waals surface area contributed by atoms with Crippen LogP contribution in [0.2, 0.25) is 0 Å². The molecule has 0 aliphatic carbocycles. The Morgan fingerprint density at radius 2 is 1.30 bits per heavy atom. The molecule has 0 aliphatic heterocycles. The highest BCUT2D eigenvalue weighted by Gasteiger charge is 2.47. The Morgan fingerprint density at radius 1 is 0.795 bits per heavy atom. The number of hydrogen-bond donors (Lipinski definition) is 3. The summed E-state index contributed by atoms with van der Waals surface area (Å²) in [5, 5.41) is 7.99. The van der Waals surface area contributed by atoms with Crippen molar-refractivity contribution < 1.29 is 33.4 Å². The van der Waals surface area contributed by atoms with Gasteiger partial charge in [-0.25, -0.2) is 0 Å². The quantitative estimate of drug-likeness (QED) is 0.165. The van der Waals surface area contributed by atoms with Gasteiger partial charge in [-0.2, -0.15) is 0 Å². The Bertz CT molecular complexity index is 1310. The third-order valence-corrected chi connectivity index (χ3v) is 12.3. The van der Waals surface area contributed by atoms with Crippen molar-refractivity contribution in [2.24, 2.45) is 5.73 Å². The summed E-state index contributed by atoms with van der Waals surface area (Å²) in [7, 11) is -0.0761. The number of carbonyl (C=O) groups is 5. The lowest BCUT2D eigenvalue weighted by Crippen LogP contribution is -2.50. The van der Waals surface area contributed by atoms with Crippen LogP contribution in [0.4, 0.5) is 0 Å². The number of rotatable bonds is 15. The first-order valence-corrected chi connectivity index (χ1v) is 16.8. The number of amides is 2. The SMILES string of the molecule is COC(=O)CNC(=O)C(CSC(=O)C[P+](c1ccccc1)(c1ccccc1)c1ccccc1)NC(=O)CCC(N)C(=O)OC. The van der Waals surface area contributed by atoms with Crippen molar-refractivity contribution in [1.82, 2.24) is 10.6 Å². The van der Waals surface area contributed by atoms with Gasteiger partial charge in [0.15, 0.2) is 0 Å². The van der Waals surface area contributed by atoms with E-state index in [1.165, 1.54) is 14.2 Å². The third kappa shape index (κ3) is 9.47. The summed E-state index contributed by atoms with van der Waals surface area (Å²) >= 11 is 0.937. The molecular formula is C32H37N3O7PS+. The fourth-order valence-electron chi connectivity index (χ4n) is 4.54. The molecule has 0 aromatic heterocycles. The zero-order valence-corrected chi connectivity index (χ0v) is 26.4. The highest BCUT2D eigenvalue weighted by molar-refractivity contribution is 8.15. The highest BCUT2D eigenvalue weighted by Crippen LogP contribution is 2.55. The molecule has 44 heavy (non-hydrogen) atoms. The van der Waals surface area contributed by atoms with E-state index in [1.54, 1.807) is 0 Å². The van der Waals surface area contributed by atoms with Crippen molar-refractivity contribution >= 4 is 63.8 Å². The molecule has 2 amide bonds. The second kappa shape index (κ2) is 17.3. The molecular weight excluding hydrogens is 601 g/mol. The molecule has 0 saturated heterocycles. The Labute approximate surface area is 261 Å². The van der Waals surface area contributed by atoms with Crippen molar-refractivity contribution in [3.63, 3.8) is 0 Å². The fraction of sp³-hybridized carbons (Fsp3) is 0.281. The molecule has 0 heterocycles. The minimum Gasteiger partial charge on any atom is -0.468 e. The molecule has 12 heteroatoms. The molecule has 2 unspecified atom stereocenters. The lowest BCUT2D eigenvalue weighted by atomic mass is 10.1. The monoisotopic (exact) mass is 638 g/mol. The second-order valence-corrected chi connectivity index (χ2v) is 14.3. The fourth-order valence-corrected chi connectivity index (χ4v) is 9.95. The summed E-state index contributed by atoms with van der Waals surface area (Å²) in [6.45, 7) is -0.405. The van der Waals surface area contributed by atoms with Gasteiger partial charge in [0.1, 0.15) is 48.0 Å². The Kier molecular flexibility index (Phi) is 13.5. The minimum atomic E-state index is -2.46. The number of ether oxygens (including phenoxy) is 2. The maximum atomic E-state index is 13.8. The highest BCUT2D eigenvalue weighted by atomic mass is 32.2. The first-order chi connectivity index (χ1) is 21.2. The second-order valence-electron chi connectivity index (χ2n) is 9.74. The first-order valence-electron chi connectivity index (χ1n) is 13.9. The average Bonchev–Trinajstić information content (AvgIpc) is 3.07. The third-order valence-electron chi connectivity index (χ3n) is 6.84. The van der Waals surface area contributed by atoms with E-state index in [0.717, 1.165) is 27.7 Å². The normalized spacial score (nSPS) is 12.3. The molecule has 4 N–H and O–H groups in total. The van der Waals surface area contributed by atoms with E-state index in [1.807, 2.05) is 91.0 Å². The number of methoxy groups -OCH3 is 2. The molecule has 0 fully saturated rings. The van der Waals surface area contributed by atoms with Crippen molar-refractivity contribution in [2.75, 3.05) is 32.7 Å². The predicted molar refractivity (Wildman–Crippen MR) is 174 cm³/mol. The zero-order valence-electron chi connectivity index (χ0n) is 24.6. The van der Waals surface area contributed by atoms with Crippen molar-refractivity contribution in [2.45, 2.75) is 24.9 Å². The molecule has 232 valence electrons. The summed E-state index contributed by atoms with van der Waals surface area (Å²) in [4.78, 5) is 62.8. The Hall–Kier alpha value is -4.05. The van der Waals surface area contributed by atoms with Crippen molar-refractivity contribution in [3.8, 4) is 0 Å². The Balaban J connectivity index is 1.85.